The van der Waals surface area contributed by atoms with Gasteiger partial charge in [-0.05, 0) is 76.9 Å². The van der Waals surface area contributed by atoms with Crippen LogP contribution in [0.1, 0.15) is 0 Å². The molecule has 7 heteroatoms. The zero-order valence-electron chi connectivity index (χ0n) is 31.5. The molecule has 0 saturated carbocycles. The first-order valence-electron chi connectivity index (χ1n) is 19.5. The van der Waals surface area contributed by atoms with Crippen LogP contribution in [-0.2, 0) is 0 Å². The molecule has 0 radical (unpaired) electrons. The molecule has 0 N–H and O–H groups in total. The Balaban J connectivity index is 1.09. The number of oxazole rings is 1. The number of thiophene rings is 1. The van der Waals surface area contributed by atoms with Crippen molar-refractivity contribution in [2.24, 2.45) is 0 Å². The summed E-state index contributed by atoms with van der Waals surface area (Å²) in [5.41, 5.74) is 10.7. The second kappa shape index (κ2) is 13.4. The summed E-state index contributed by atoms with van der Waals surface area (Å²) in [4.78, 5) is 20.9. The Morgan fingerprint density at radius 2 is 1.05 bits per heavy atom. The minimum absolute atomic E-state index is 0.565. The van der Waals surface area contributed by atoms with Gasteiger partial charge in [0.05, 0.1) is 11.0 Å². The number of fused-ring (bicyclic) bond motifs is 7. The molecule has 0 fully saturated rings. The van der Waals surface area contributed by atoms with Crippen molar-refractivity contribution >= 4 is 64.4 Å². The van der Waals surface area contributed by atoms with Crippen LogP contribution in [0.4, 0.5) is 0 Å². The maximum absolute atomic E-state index is 6.19. The number of hydrogen-bond acceptors (Lipinski definition) is 6. The third-order valence-electron chi connectivity index (χ3n) is 11.1. The van der Waals surface area contributed by atoms with Crippen molar-refractivity contribution in [3.63, 3.8) is 0 Å². The lowest BCUT2D eigenvalue weighted by atomic mass is 9.92. The number of nitrogens with zero attached hydrogens (tertiary/aromatic N) is 5. The third kappa shape index (κ3) is 5.55. The molecule has 0 bridgehead atoms. The van der Waals surface area contributed by atoms with E-state index in [1.165, 1.54) is 14.8 Å². The van der Waals surface area contributed by atoms with E-state index in [2.05, 4.69) is 150 Å². The predicted octanol–water partition coefficient (Wildman–Crippen LogP) is 13.8. The fourth-order valence-corrected chi connectivity index (χ4v) is 9.54. The Morgan fingerprint density at radius 3 is 1.83 bits per heavy atom. The summed E-state index contributed by atoms with van der Waals surface area (Å²) >= 11 is 1.79. The summed E-state index contributed by atoms with van der Waals surface area (Å²) in [7, 11) is 0. The zero-order chi connectivity index (χ0) is 38.9. The highest BCUT2D eigenvalue weighted by atomic mass is 32.1. The molecule has 0 atom stereocenters. The monoisotopic (exact) mass is 773 g/mol. The molecule has 0 aliphatic carbocycles. The third-order valence-corrected chi connectivity index (χ3v) is 12.3. The van der Waals surface area contributed by atoms with Crippen molar-refractivity contribution in [3.8, 4) is 62.4 Å². The number of aromatic nitrogens is 5. The van der Waals surface area contributed by atoms with Crippen LogP contribution in [-0.4, -0.2) is 24.5 Å². The van der Waals surface area contributed by atoms with E-state index in [9.17, 15) is 0 Å². The second-order valence-electron chi connectivity index (χ2n) is 14.6. The second-order valence-corrected chi connectivity index (χ2v) is 15.7. The lowest BCUT2D eigenvalue weighted by Gasteiger charge is -2.14. The van der Waals surface area contributed by atoms with Gasteiger partial charge in [-0.3, -0.25) is 4.57 Å². The van der Waals surface area contributed by atoms with Gasteiger partial charge in [0.2, 0.25) is 11.8 Å². The van der Waals surface area contributed by atoms with Gasteiger partial charge in [0, 0.05) is 47.6 Å². The first kappa shape index (κ1) is 33.4. The molecule has 6 nitrogen and oxygen atoms in total. The van der Waals surface area contributed by atoms with Crippen molar-refractivity contribution in [2.45, 2.75) is 0 Å². The molecule has 12 rings (SSSR count). The van der Waals surface area contributed by atoms with Gasteiger partial charge in [0.25, 0.3) is 0 Å². The Hall–Kier alpha value is -7.74. The van der Waals surface area contributed by atoms with Crippen LogP contribution in [0.25, 0.3) is 116 Å². The minimum atomic E-state index is 0.565. The predicted molar refractivity (Wildman–Crippen MR) is 242 cm³/mol. The van der Waals surface area contributed by atoms with Crippen LogP contribution in [0.5, 0.6) is 0 Å². The van der Waals surface area contributed by atoms with Gasteiger partial charge in [0.1, 0.15) is 5.52 Å². The van der Waals surface area contributed by atoms with Crippen molar-refractivity contribution in [2.75, 3.05) is 0 Å². The van der Waals surface area contributed by atoms with E-state index in [0.717, 1.165) is 77.2 Å². The number of rotatable bonds is 6. The molecule has 0 amide bonds. The van der Waals surface area contributed by atoms with E-state index < -0.39 is 0 Å². The molecular formula is C52H31N5OS. The van der Waals surface area contributed by atoms with Crippen LogP contribution >= 0.6 is 11.3 Å². The normalized spacial score (nSPS) is 11.7. The summed E-state index contributed by atoms with van der Waals surface area (Å²) in [6, 6.07) is 65.2. The van der Waals surface area contributed by atoms with Crippen LogP contribution < -0.4 is 0 Å². The molecule has 4 aromatic heterocycles. The Morgan fingerprint density at radius 1 is 0.407 bits per heavy atom. The molecule has 276 valence electrons. The largest absolute Gasteiger partial charge is 0.436 e. The van der Waals surface area contributed by atoms with E-state index in [0.29, 0.717) is 23.5 Å². The highest BCUT2D eigenvalue weighted by Gasteiger charge is 2.21. The van der Waals surface area contributed by atoms with E-state index >= 15 is 0 Å². The van der Waals surface area contributed by atoms with Gasteiger partial charge in [-0.2, -0.15) is 9.97 Å². The number of benzene rings is 8. The lowest BCUT2D eigenvalue weighted by Crippen LogP contribution is -2.06. The van der Waals surface area contributed by atoms with Crippen molar-refractivity contribution in [1.29, 1.82) is 0 Å². The first-order valence-corrected chi connectivity index (χ1v) is 20.4. The number of para-hydroxylation sites is 2. The fraction of sp³-hybridized carbons (Fsp3) is 0. The standard InChI is InChI=1S/C52H31N5OS/c1-3-14-32(15-4-1)41-30-35(26-28-36(41)34-27-29-45-42(31-34)53-51(58-45)33-16-5-2-6-17-33)49-54-50(40-21-13-25-47-48(40)39-20-9-12-24-46(39)59-47)56-52(55-49)57-43-22-10-7-18-37(43)38-19-8-11-23-44(38)57/h1-31H. The summed E-state index contributed by atoms with van der Waals surface area (Å²) in [5.74, 6) is 2.38. The van der Waals surface area contributed by atoms with Crippen molar-refractivity contribution in [1.82, 2.24) is 24.5 Å². The smallest absolute Gasteiger partial charge is 0.238 e. The summed E-state index contributed by atoms with van der Waals surface area (Å²) < 4.78 is 10.8. The molecule has 8 aromatic carbocycles. The molecular weight excluding hydrogens is 743 g/mol. The van der Waals surface area contributed by atoms with Crippen LogP contribution in [0.15, 0.2) is 192 Å². The highest BCUT2D eigenvalue weighted by molar-refractivity contribution is 7.25. The van der Waals surface area contributed by atoms with E-state index in [1.807, 2.05) is 42.5 Å². The Labute approximate surface area is 342 Å². The summed E-state index contributed by atoms with van der Waals surface area (Å²) in [6.45, 7) is 0. The molecule has 0 unspecified atom stereocenters. The van der Waals surface area contributed by atoms with E-state index in [4.69, 9.17) is 24.4 Å². The van der Waals surface area contributed by atoms with Crippen molar-refractivity contribution < 1.29 is 4.42 Å². The maximum Gasteiger partial charge on any atom is 0.238 e. The van der Waals surface area contributed by atoms with Crippen molar-refractivity contribution in [3.05, 3.63) is 188 Å². The molecule has 0 spiro atoms. The molecule has 0 aliphatic heterocycles. The molecule has 0 aliphatic rings. The fourth-order valence-electron chi connectivity index (χ4n) is 8.40. The molecule has 59 heavy (non-hydrogen) atoms. The van der Waals surface area contributed by atoms with E-state index in [1.54, 1.807) is 11.3 Å². The SMILES string of the molecule is c1ccc(-c2nc3cc(-c4ccc(-c5nc(-c6cccc7sc8ccccc8c67)nc(-n6c7ccccc7c7ccccc76)n5)cc4-c4ccccc4)ccc3o2)cc1. The van der Waals surface area contributed by atoms with Crippen LogP contribution in [0.2, 0.25) is 0 Å². The quantitative estimate of drug-likeness (QED) is 0.168. The maximum atomic E-state index is 6.19. The van der Waals surface area contributed by atoms with Gasteiger partial charge in [-0.25, -0.2) is 9.97 Å². The number of hydrogen-bond donors (Lipinski definition) is 0. The van der Waals surface area contributed by atoms with Gasteiger partial charge in [-0.15, -0.1) is 11.3 Å². The first-order chi connectivity index (χ1) is 29.2. The average molecular weight is 774 g/mol. The zero-order valence-corrected chi connectivity index (χ0v) is 32.3. The van der Waals surface area contributed by atoms with Crippen LogP contribution in [0, 0.1) is 0 Å². The summed E-state index contributed by atoms with van der Waals surface area (Å²) in [5, 5.41) is 4.64. The summed E-state index contributed by atoms with van der Waals surface area (Å²) in [6.07, 6.45) is 0. The highest BCUT2D eigenvalue weighted by Crippen LogP contribution is 2.41. The van der Waals surface area contributed by atoms with Gasteiger partial charge >= 0.3 is 0 Å². The van der Waals surface area contributed by atoms with Crippen LogP contribution in [0.3, 0.4) is 0 Å². The molecule has 12 aromatic rings. The van der Waals surface area contributed by atoms with Gasteiger partial charge < -0.3 is 4.42 Å². The van der Waals surface area contributed by atoms with E-state index in [-0.39, 0.29) is 0 Å². The lowest BCUT2D eigenvalue weighted by molar-refractivity contribution is 0.620. The topological polar surface area (TPSA) is 69.6 Å². The van der Waals surface area contributed by atoms with Gasteiger partial charge in [0.15, 0.2) is 17.2 Å². The molecule has 4 heterocycles. The Kier molecular flexibility index (Phi) is 7.61. The average Bonchev–Trinajstić information content (AvgIpc) is 4.01. The Bertz CT molecular complexity index is 3520. The molecule has 0 saturated heterocycles. The minimum Gasteiger partial charge on any atom is -0.436 e. The van der Waals surface area contributed by atoms with Gasteiger partial charge in [-0.1, -0.05) is 133 Å².